The van der Waals surface area contributed by atoms with Crippen LogP contribution in [0.5, 0.6) is 0 Å². The molecule has 0 bridgehead atoms. The minimum Gasteiger partial charge on any atom is -0.361 e. The number of carbonyl (C=O) groups excluding carboxylic acids is 2. The lowest BCUT2D eigenvalue weighted by atomic mass is 9.86. The fourth-order valence-corrected chi connectivity index (χ4v) is 1.48. The third-order valence-corrected chi connectivity index (χ3v) is 2.44. The lowest BCUT2D eigenvalue weighted by molar-refractivity contribution is -0.124. The van der Waals surface area contributed by atoms with Gasteiger partial charge in [-0.3, -0.25) is 9.59 Å². The van der Waals surface area contributed by atoms with Crippen LogP contribution in [0, 0.1) is 6.57 Å². The van der Waals surface area contributed by atoms with E-state index in [2.05, 4.69) is 9.63 Å². The molecule has 0 amide bonds. The molecule has 0 aliphatic carbocycles. The molecule has 0 unspecified atom stereocenters. The van der Waals surface area contributed by atoms with Crippen molar-refractivity contribution < 1.29 is 14.4 Å². The van der Waals surface area contributed by atoms with Gasteiger partial charge in [0.25, 0.3) is 0 Å². The van der Waals surface area contributed by atoms with Gasteiger partial charge in [0.15, 0.2) is 0 Å². The van der Waals surface area contributed by atoms with Crippen molar-refractivity contribution in [3.8, 4) is 0 Å². The highest BCUT2D eigenvalue weighted by molar-refractivity contribution is 14.1. The molecule has 0 fully saturated rings. The van der Waals surface area contributed by atoms with Gasteiger partial charge >= 0.3 is 17.5 Å². The largest absolute Gasteiger partial charge is 0.361 e. The molecule has 1 atom stereocenters. The van der Waals surface area contributed by atoms with E-state index in [9.17, 15) is 9.59 Å². The molecule has 84 valence electrons. The fourth-order valence-electron chi connectivity index (χ4n) is 1.22. The summed E-state index contributed by atoms with van der Waals surface area (Å²) in [6.07, 6.45) is 2.25. The van der Waals surface area contributed by atoms with Gasteiger partial charge in [-0.15, -0.1) is 0 Å². The highest BCUT2D eigenvalue weighted by Gasteiger charge is 2.46. The Morgan fingerprint density at radius 3 is 2.56 bits per heavy atom. The van der Waals surface area contributed by atoms with Crippen LogP contribution in [0.2, 0.25) is 0 Å². The zero-order valence-electron chi connectivity index (χ0n) is 8.68. The van der Waals surface area contributed by atoms with Gasteiger partial charge in [0.2, 0.25) is 0 Å². The maximum Gasteiger partial charge on any atom is 0.331 e. The van der Waals surface area contributed by atoms with E-state index < -0.39 is 11.3 Å². The molecule has 0 radical (unpaired) electrons. The molecule has 0 heterocycles. The van der Waals surface area contributed by atoms with Gasteiger partial charge in [0.05, 0.1) is 12.8 Å². The molecule has 6 heteroatoms. The Kier molecular flexibility index (Phi) is 6.46. The maximum atomic E-state index is 11.6. The molecule has 0 aromatic heterocycles. The zero-order valence-corrected chi connectivity index (χ0v) is 10.8. The van der Waals surface area contributed by atoms with Crippen molar-refractivity contribution in [3.63, 3.8) is 0 Å². The quantitative estimate of drug-likeness (QED) is 0.245. The monoisotopic (exact) mass is 331 g/mol. The SMILES string of the molecule is [C-]#[N+][C@](C/C=C/I)(CC(C)=O)C(=O)C=[N+]=[N-]. The Balaban J connectivity index is 5.27. The molecule has 0 saturated heterocycles. The first-order chi connectivity index (χ1) is 7.52. The summed E-state index contributed by atoms with van der Waals surface area (Å²) in [5.74, 6) is -0.910. The van der Waals surface area contributed by atoms with Gasteiger partial charge < -0.3 is 10.4 Å². The third kappa shape index (κ3) is 4.04. The summed E-state index contributed by atoms with van der Waals surface area (Å²) in [5, 5.41) is 0. The first kappa shape index (κ1) is 14.7. The summed E-state index contributed by atoms with van der Waals surface area (Å²) in [5.41, 5.74) is 6.82. The maximum absolute atomic E-state index is 11.6. The van der Waals surface area contributed by atoms with Gasteiger partial charge in [-0.05, 0) is 11.0 Å². The van der Waals surface area contributed by atoms with Crippen molar-refractivity contribution in [1.82, 2.24) is 0 Å². The highest BCUT2D eigenvalue weighted by Crippen LogP contribution is 2.23. The molecule has 5 nitrogen and oxygen atoms in total. The summed E-state index contributed by atoms with van der Waals surface area (Å²) in [7, 11) is 0. The van der Waals surface area contributed by atoms with E-state index >= 15 is 0 Å². The molecule has 0 rings (SSSR count). The fraction of sp³-hybridized carbons (Fsp3) is 0.400. The predicted molar refractivity (Wildman–Crippen MR) is 67.1 cm³/mol. The molecule has 0 N–H and O–H groups in total. The second kappa shape index (κ2) is 7.04. The standard InChI is InChI=1S/C10H10IN3O2/c1-8(15)6-10(13-2,4-3-5-11)9(16)7-14-12/h3,5,7H,4,6H2,1H3/b5-3+/t10-/m1/s1. The van der Waals surface area contributed by atoms with Crippen LogP contribution in [0.15, 0.2) is 10.2 Å². The van der Waals surface area contributed by atoms with E-state index in [-0.39, 0.29) is 18.6 Å². The normalized spacial score (nSPS) is 13.6. The molecule has 0 aliphatic heterocycles. The molecular weight excluding hydrogens is 321 g/mol. The van der Waals surface area contributed by atoms with Crippen LogP contribution in [0.25, 0.3) is 10.4 Å². The third-order valence-electron chi connectivity index (χ3n) is 1.93. The summed E-state index contributed by atoms with van der Waals surface area (Å²) in [6.45, 7) is 8.38. The lowest BCUT2D eigenvalue weighted by Gasteiger charge is -2.13. The summed E-state index contributed by atoms with van der Waals surface area (Å²) < 4.78 is 1.67. The number of rotatable bonds is 6. The second-order valence-electron chi connectivity index (χ2n) is 3.20. The first-order valence-corrected chi connectivity index (χ1v) is 5.62. The summed E-state index contributed by atoms with van der Waals surface area (Å²) in [6, 6.07) is 0. The average molecular weight is 331 g/mol. The van der Waals surface area contributed by atoms with Crippen molar-refractivity contribution in [2.75, 3.05) is 0 Å². The van der Waals surface area contributed by atoms with Crippen LogP contribution >= 0.6 is 22.6 Å². The van der Waals surface area contributed by atoms with E-state index in [1.165, 1.54) is 6.92 Å². The van der Waals surface area contributed by atoms with Crippen molar-refractivity contribution in [1.29, 1.82) is 0 Å². The van der Waals surface area contributed by atoms with Gasteiger partial charge in [-0.1, -0.05) is 28.7 Å². The number of nitrogens with zero attached hydrogens (tertiary/aromatic N) is 3. The van der Waals surface area contributed by atoms with Crippen molar-refractivity contribution in [2.45, 2.75) is 25.3 Å². The predicted octanol–water partition coefficient (Wildman–Crippen LogP) is 1.83. The number of carbonyl (C=O) groups is 2. The minimum absolute atomic E-state index is 0.129. The molecule has 0 saturated carbocycles. The van der Waals surface area contributed by atoms with E-state index in [1.807, 2.05) is 22.6 Å². The van der Waals surface area contributed by atoms with Crippen LogP contribution in [0.4, 0.5) is 0 Å². The summed E-state index contributed by atoms with van der Waals surface area (Å²) >= 11 is 1.96. The topological polar surface area (TPSA) is 74.9 Å². The molecular formula is C10H10IN3O2. The Labute approximate surface area is 107 Å². The van der Waals surface area contributed by atoms with Crippen LogP contribution in [0.3, 0.4) is 0 Å². The van der Waals surface area contributed by atoms with Gasteiger partial charge in [0.1, 0.15) is 5.78 Å². The van der Waals surface area contributed by atoms with Gasteiger partial charge in [-0.25, -0.2) is 6.57 Å². The van der Waals surface area contributed by atoms with E-state index in [4.69, 9.17) is 12.1 Å². The highest BCUT2D eigenvalue weighted by atomic mass is 127. The van der Waals surface area contributed by atoms with Crippen molar-refractivity contribution in [3.05, 3.63) is 27.1 Å². The van der Waals surface area contributed by atoms with E-state index in [1.54, 1.807) is 10.2 Å². The smallest absolute Gasteiger partial charge is 0.331 e. The van der Waals surface area contributed by atoms with Crippen LogP contribution in [0.1, 0.15) is 19.8 Å². The number of ketones is 2. The van der Waals surface area contributed by atoms with Crippen LogP contribution in [-0.2, 0) is 9.59 Å². The number of halogens is 1. The first-order valence-electron chi connectivity index (χ1n) is 4.37. The molecule has 0 aromatic carbocycles. The molecule has 0 aromatic rings. The number of Topliss-reactive ketones (excluding diaryl/α,β-unsaturated/α-hetero) is 2. The Morgan fingerprint density at radius 2 is 2.19 bits per heavy atom. The lowest BCUT2D eigenvalue weighted by Crippen LogP contribution is -2.37. The Hall–Kier alpha value is -1.32. The van der Waals surface area contributed by atoms with Gasteiger partial charge in [-0.2, -0.15) is 4.79 Å². The van der Waals surface area contributed by atoms with E-state index in [0.29, 0.717) is 6.21 Å². The Bertz CT molecular complexity index is 405. The molecule has 0 spiro atoms. The van der Waals surface area contributed by atoms with Crippen LogP contribution < -0.4 is 0 Å². The Morgan fingerprint density at radius 1 is 1.56 bits per heavy atom. The summed E-state index contributed by atoms with van der Waals surface area (Å²) in [4.78, 5) is 28.5. The molecule has 16 heavy (non-hydrogen) atoms. The zero-order chi connectivity index (χ0) is 12.6. The molecule has 0 aliphatic rings. The van der Waals surface area contributed by atoms with Crippen molar-refractivity contribution >= 4 is 40.4 Å². The van der Waals surface area contributed by atoms with Crippen molar-refractivity contribution in [2.24, 2.45) is 0 Å². The van der Waals surface area contributed by atoms with Crippen LogP contribution in [-0.4, -0.2) is 28.1 Å². The number of hydrogen-bond donors (Lipinski definition) is 0. The average Bonchev–Trinajstić information content (AvgIpc) is 2.24. The second-order valence-corrected chi connectivity index (χ2v) is 3.92. The van der Waals surface area contributed by atoms with E-state index in [0.717, 1.165) is 0 Å². The minimum atomic E-state index is -1.47. The number of hydrogen-bond acceptors (Lipinski definition) is 2. The van der Waals surface area contributed by atoms with Gasteiger partial charge in [0, 0.05) is 0 Å².